The van der Waals surface area contributed by atoms with Gasteiger partial charge in [-0.15, -0.1) is 0 Å². The SMILES string of the molecule is Cc1nc(N2CCCCC2)ncc1C(=O)N1CCc2ccccc2CC1. The summed E-state index contributed by atoms with van der Waals surface area (Å²) in [5, 5.41) is 0. The minimum atomic E-state index is 0.0560. The molecule has 1 amide bonds. The van der Waals surface area contributed by atoms with Gasteiger partial charge in [0, 0.05) is 32.4 Å². The van der Waals surface area contributed by atoms with Crippen LogP contribution in [0.2, 0.25) is 0 Å². The zero-order valence-corrected chi connectivity index (χ0v) is 15.4. The molecule has 2 aliphatic heterocycles. The molecule has 1 fully saturated rings. The molecule has 0 N–H and O–H groups in total. The first kappa shape index (κ1) is 17.0. The molecule has 1 aromatic carbocycles. The van der Waals surface area contributed by atoms with E-state index in [0.29, 0.717) is 5.56 Å². The van der Waals surface area contributed by atoms with Crippen molar-refractivity contribution in [1.82, 2.24) is 14.9 Å². The molecule has 0 bridgehead atoms. The third-order valence-electron chi connectivity index (χ3n) is 5.54. The molecule has 2 aromatic rings. The topological polar surface area (TPSA) is 49.3 Å². The molecule has 1 aromatic heterocycles. The van der Waals surface area contributed by atoms with Gasteiger partial charge in [0.2, 0.25) is 5.95 Å². The van der Waals surface area contributed by atoms with Crippen LogP contribution in [0.1, 0.15) is 46.4 Å². The molecule has 0 saturated carbocycles. The van der Waals surface area contributed by atoms with Crippen molar-refractivity contribution in [3.63, 3.8) is 0 Å². The quantitative estimate of drug-likeness (QED) is 0.835. The van der Waals surface area contributed by atoms with Gasteiger partial charge in [0.05, 0.1) is 11.3 Å². The molecule has 136 valence electrons. The van der Waals surface area contributed by atoms with Crippen LogP contribution < -0.4 is 4.90 Å². The molecule has 3 heterocycles. The van der Waals surface area contributed by atoms with Gasteiger partial charge in [-0.05, 0) is 50.2 Å². The Hall–Kier alpha value is -2.43. The first-order valence-electron chi connectivity index (χ1n) is 9.67. The number of rotatable bonds is 2. The molecular weight excluding hydrogens is 324 g/mol. The van der Waals surface area contributed by atoms with Crippen molar-refractivity contribution < 1.29 is 4.79 Å². The van der Waals surface area contributed by atoms with Gasteiger partial charge < -0.3 is 9.80 Å². The lowest BCUT2D eigenvalue weighted by atomic mass is 10.0. The summed E-state index contributed by atoms with van der Waals surface area (Å²) in [6.45, 7) is 5.45. The molecule has 1 saturated heterocycles. The maximum absolute atomic E-state index is 13.0. The Bertz CT molecular complexity index is 771. The normalized spacial score (nSPS) is 17.6. The minimum absolute atomic E-state index is 0.0560. The third-order valence-corrected chi connectivity index (χ3v) is 5.54. The summed E-state index contributed by atoms with van der Waals surface area (Å²) in [5.74, 6) is 0.822. The molecule has 5 heteroatoms. The molecule has 0 atom stereocenters. The monoisotopic (exact) mass is 350 g/mol. The Kier molecular flexibility index (Phi) is 4.87. The number of nitrogens with zero attached hydrogens (tertiary/aromatic N) is 4. The second-order valence-electron chi connectivity index (χ2n) is 7.28. The number of anilines is 1. The van der Waals surface area contributed by atoms with Crippen LogP contribution in [0, 0.1) is 6.92 Å². The van der Waals surface area contributed by atoms with E-state index >= 15 is 0 Å². The van der Waals surface area contributed by atoms with Crippen molar-refractivity contribution in [2.24, 2.45) is 0 Å². The molecule has 0 unspecified atom stereocenters. The van der Waals surface area contributed by atoms with Crippen molar-refractivity contribution >= 4 is 11.9 Å². The maximum atomic E-state index is 13.0. The van der Waals surface area contributed by atoms with E-state index in [1.807, 2.05) is 11.8 Å². The number of amides is 1. The van der Waals surface area contributed by atoms with Gasteiger partial charge in [-0.25, -0.2) is 9.97 Å². The number of hydrogen-bond donors (Lipinski definition) is 0. The van der Waals surface area contributed by atoms with Crippen LogP contribution in [0.4, 0.5) is 5.95 Å². The Balaban J connectivity index is 1.49. The lowest BCUT2D eigenvalue weighted by Gasteiger charge is -2.27. The summed E-state index contributed by atoms with van der Waals surface area (Å²) < 4.78 is 0. The highest BCUT2D eigenvalue weighted by Gasteiger charge is 2.23. The van der Waals surface area contributed by atoms with E-state index < -0.39 is 0 Å². The fraction of sp³-hybridized carbons (Fsp3) is 0.476. The van der Waals surface area contributed by atoms with Crippen molar-refractivity contribution in [2.45, 2.75) is 39.0 Å². The zero-order chi connectivity index (χ0) is 17.9. The summed E-state index contributed by atoms with van der Waals surface area (Å²) in [5.41, 5.74) is 4.14. The number of hydrogen-bond acceptors (Lipinski definition) is 4. The van der Waals surface area contributed by atoms with E-state index in [2.05, 4.69) is 39.1 Å². The summed E-state index contributed by atoms with van der Waals surface area (Å²) in [4.78, 5) is 26.4. The van der Waals surface area contributed by atoms with Crippen molar-refractivity contribution in [1.29, 1.82) is 0 Å². The highest BCUT2D eigenvalue weighted by Crippen LogP contribution is 2.20. The number of carbonyl (C=O) groups excluding carboxylic acids is 1. The fourth-order valence-corrected chi connectivity index (χ4v) is 3.95. The minimum Gasteiger partial charge on any atom is -0.341 e. The lowest BCUT2D eigenvalue weighted by molar-refractivity contribution is 0.0761. The van der Waals surface area contributed by atoms with E-state index in [4.69, 9.17) is 0 Å². The van der Waals surface area contributed by atoms with E-state index in [1.54, 1.807) is 6.20 Å². The first-order chi connectivity index (χ1) is 12.7. The molecule has 0 spiro atoms. The number of aromatic nitrogens is 2. The molecule has 5 nitrogen and oxygen atoms in total. The van der Waals surface area contributed by atoms with Crippen LogP contribution in [0.5, 0.6) is 0 Å². The van der Waals surface area contributed by atoms with Crippen LogP contribution >= 0.6 is 0 Å². The average molecular weight is 350 g/mol. The van der Waals surface area contributed by atoms with Crippen molar-refractivity contribution in [3.05, 3.63) is 52.8 Å². The second kappa shape index (κ2) is 7.44. The number of carbonyl (C=O) groups is 1. The largest absolute Gasteiger partial charge is 0.341 e. The standard InChI is InChI=1S/C21H26N4O/c1-16-19(15-22-21(23-16)25-11-5-2-6-12-25)20(26)24-13-9-17-7-3-4-8-18(17)10-14-24/h3-4,7-8,15H,2,5-6,9-14H2,1H3. The van der Waals surface area contributed by atoms with Gasteiger partial charge in [-0.1, -0.05) is 24.3 Å². The Morgan fingerprint density at radius 1 is 0.962 bits per heavy atom. The van der Waals surface area contributed by atoms with E-state index in [1.165, 1.54) is 30.4 Å². The highest BCUT2D eigenvalue weighted by molar-refractivity contribution is 5.95. The lowest BCUT2D eigenvalue weighted by Crippen LogP contribution is -2.35. The highest BCUT2D eigenvalue weighted by atomic mass is 16.2. The van der Waals surface area contributed by atoms with Crippen molar-refractivity contribution in [2.75, 3.05) is 31.1 Å². The van der Waals surface area contributed by atoms with Gasteiger partial charge >= 0.3 is 0 Å². The molecular formula is C21H26N4O. The van der Waals surface area contributed by atoms with Gasteiger partial charge in [-0.2, -0.15) is 0 Å². The number of benzene rings is 1. The maximum Gasteiger partial charge on any atom is 0.257 e. The average Bonchev–Trinajstić information content (AvgIpc) is 2.91. The Morgan fingerprint density at radius 3 is 2.23 bits per heavy atom. The Morgan fingerprint density at radius 2 is 1.62 bits per heavy atom. The smallest absolute Gasteiger partial charge is 0.257 e. The second-order valence-corrected chi connectivity index (χ2v) is 7.28. The fourth-order valence-electron chi connectivity index (χ4n) is 3.95. The number of aryl methyl sites for hydroxylation is 1. The first-order valence-corrected chi connectivity index (χ1v) is 9.67. The molecule has 0 radical (unpaired) electrons. The van der Waals surface area contributed by atoms with Gasteiger partial charge in [-0.3, -0.25) is 4.79 Å². The predicted octanol–water partition coefficient (Wildman–Crippen LogP) is 3.02. The summed E-state index contributed by atoms with van der Waals surface area (Å²) in [6.07, 6.45) is 7.21. The molecule has 2 aliphatic rings. The number of piperidine rings is 1. The van der Waals surface area contributed by atoms with Gasteiger partial charge in [0.25, 0.3) is 5.91 Å². The van der Waals surface area contributed by atoms with Crippen molar-refractivity contribution in [3.8, 4) is 0 Å². The molecule has 4 rings (SSSR count). The van der Waals surface area contributed by atoms with Crippen LogP contribution in [-0.2, 0) is 12.8 Å². The predicted molar refractivity (Wildman–Crippen MR) is 103 cm³/mol. The summed E-state index contributed by atoms with van der Waals surface area (Å²) in [7, 11) is 0. The third kappa shape index (κ3) is 3.43. The van der Waals surface area contributed by atoms with Gasteiger partial charge in [0.1, 0.15) is 0 Å². The van der Waals surface area contributed by atoms with E-state index in [9.17, 15) is 4.79 Å². The Labute approximate surface area is 155 Å². The molecule has 0 aliphatic carbocycles. The van der Waals surface area contributed by atoms with E-state index in [-0.39, 0.29) is 5.91 Å². The zero-order valence-electron chi connectivity index (χ0n) is 15.4. The summed E-state index contributed by atoms with van der Waals surface area (Å²) in [6, 6.07) is 8.50. The molecule has 26 heavy (non-hydrogen) atoms. The van der Waals surface area contributed by atoms with E-state index in [0.717, 1.165) is 50.7 Å². The van der Waals surface area contributed by atoms with Gasteiger partial charge in [0.15, 0.2) is 0 Å². The summed E-state index contributed by atoms with van der Waals surface area (Å²) >= 11 is 0. The van der Waals surface area contributed by atoms with Crippen LogP contribution in [0.3, 0.4) is 0 Å². The van der Waals surface area contributed by atoms with Crippen LogP contribution in [-0.4, -0.2) is 47.0 Å². The van der Waals surface area contributed by atoms with Crippen LogP contribution in [0.25, 0.3) is 0 Å². The van der Waals surface area contributed by atoms with Crippen LogP contribution in [0.15, 0.2) is 30.5 Å². The number of fused-ring (bicyclic) bond motifs is 1.